The van der Waals surface area contributed by atoms with Crippen LogP contribution in [0.2, 0.25) is 0 Å². The van der Waals surface area contributed by atoms with Crippen molar-refractivity contribution in [2.24, 2.45) is 22.7 Å². The summed E-state index contributed by atoms with van der Waals surface area (Å²) >= 11 is 0. The van der Waals surface area contributed by atoms with Crippen molar-refractivity contribution in [1.82, 2.24) is 0 Å². The smallest absolute Gasteiger partial charge is 0.339 e. The molecule has 204 valence electrons. The number of phenols is 1. The lowest BCUT2D eigenvalue weighted by Crippen LogP contribution is -2.69. The highest BCUT2D eigenvalue weighted by Gasteiger charge is 2.72. The molecule has 1 fully saturated rings. The lowest BCUT2D eigenvalue weighted by Gasteiger charge is -2.59. The lowest BCUT2D eigenvalue weighted by atomic mass is 9.43. The summed E-state index contributed by atoms with van der Waals surface area (Å²) in [6, 6.07) is 1.36. The summed E-state index contributed by atoms with van der Waals surface area (Å²) in [5.41, 5.74) is -5.95. The minimum absolute atomic E-state index is 0.0239. The molecule has 3 aliphatic carbocycles. The Morgan fingerprint density at radius 1 is 1.05 bits per heavy atom. The van der Waals surface area contributed by atoms with Gasteiger partial charge in [0, 0.05) is 22.3 Å². The second-order valence-corrected chi connectivity index (χ2v) is 12.1. The second kappa shape index (κ2) is 8.27. The highest BCUT2D eigenvalue weighted by Crippen LogP contribution is 2.65. The molecule has 0 saturated heterocycles. The van der Waals surface area contributed by atoms with Crippen molar-refractivity contribution in [3.63, 3.8) is 0 Å². The summed E-state index contributed by atoms with van der Waals surface area (Å²) in [4.78, 5) is 52.1. The Hall–Kier alpha value is -3.46. The van der Waals surface area contributed by atoms with Gasteiger partial charge >= 0.3 is 5.97 Å². The predicted octanol–water partition coefficient (Wildman–Crippen LogP) is 4.01. The van der Waals surface area contributed by atoms with Gasteiger partial charge in [0.25, 0.3) is 0 Å². The molecule has 1 unspecified atom stereocenters. The summed E-state index contributed by atoms with van der Waals surface area (Å²) in [6.45, 7) is 11.5. The molecule has 0 radical (unpaired) electrons. The van der Waals surface area contributed by atoms with Gasteiger partial charge in [0.05, 0.1) is 5.56 Å². The number of benzene rings is 1. The number of allylic oxidation sites excluding steroid dienone is 1. The van der Waals surface area contributed by atoms with Crippen molar-refractivity contribution >= 4 is 29.1 Å². The maximum atomic E-state index is 14.3. The van der Waals surface area contributed by atoms with E-state index in [1.54, 1.807) is 27.7 Å². The SMILES string of the molecule is CC(=O)C1=C(O)[C@]2(O)C(=O)C3=C(O)c4c(O)c(C(=O)O)cc(C(C)C)c4C[C@]3(C)C[C@]2(C)C(C(C)C)C1=O. The number of Topliss-reactive ketones (excluding diaryl/α,β-unsaturated/α-hetero) is 3. The van der Waals surface area contributed by atoms with Crippen molar-refractivity contribution in [3.8, 4) is 5.75 Å². The van der Waals surface area contributed by atoms with Gasteiger partial charge in [0.2, 0.25) is 5.78 Å². The number of carbonyl (C=O) groups is 4. The minimum Gasteiger partial charge on any atom is -0.508 e. The number of carboxylic acid groups (broad SMARTS) is 1. The van der Waals surface area contributed by atoms with E-state index in [0.29, 0.717) is 11.1 Å². The van der Waals surface area contributed by atoms with Crippen LogP contribution in [0.5, 0.6) is 5.75 Å². The van der Waals surface area contributed by atoms with E-state index in [-0.39, 0.29) is 29.9 Å². The zero-order valence-corrected chi connectivity index (χ0v) is 22.6. The second-order valence-electron chi connectivity index (χ2n) is 12.1. The quantitative estimate of drug-likeness (QED) is 0.364. The monoisotopic (exact) mass is 526 g/mol. The normalized spacial score (nSPS) is 30.9. The first-order valence-corrected chi connectivity index (χ1v) is 12.7. The van der Waals surface area contributed by atoms with Crippen LogP contribution in [0.25, 0.3) is 5.76 Å². The largest absolute Gasteiger partial charge is 0.508 e. The molecule has 0 spiro atoms. The summed E-state index contributed by atoms with van der Waals surface area (Å²) in [7, 11) is 0. The third-order valence-electron chi connectivity index (χ3n) is 8.89. The van der Waals surface area contributed by atoms with Crippen molar-refractivity contribution in [1.29, 1.82) is 0 Å². The van der Waals surface area contributed by atoms with Crippen molar-refractivity contribution < 1.29 is 44.7 Å². The molecular weight excluding hydrogens is 492 g/mol. The number of carboxylic acids is 1. The third kappa shape index (κ3) is 3.20. The van der Waals surface area contributed by atoms with Crippen molar-refractivity contribution in [2.75, 3.05) is 0 Å². The molecule has 0 heterocycles. The van der Waals surface area contributed by atoms with Crippen LogP contribution in [-0.2, 0) is 20.8 Å². The van der Waals surface area contributed by atoms with Gasteiger partial charge in [-0.15, -0.1) is 0 Å². The van der Waals surface area contributed by atoms with Gasteiger partial charge in [0.1, 0.15) is 28.4 Å². The molecule has 5 N–H and O–H groups in total. The number of hydrogen-bond acceptors (Lipinski definition) is 8. The molecule has 1 saturated carbocycles. The average Bonchev–Trinajstić information content (AvgIpc) is 2.75. The van der Waals surface area contributed by atoms with Gasteiger partial charge in [-0.3, -0.25) is 14.4 Å². The molecule has 1 aromatic carbocycles. The molecule has 3 aliphatic rings. The van der Waals surface area contributed by atoms with Gasteiger partial charge in [-0.25, -0.2) is 4.79 Å². The standard InChI is InChI=1S/C29H34O9/c1-11(2)14-8-15(26(36)37)21(31)18-16(14)9-27(6)10-28(7)19(12(3)4)22(32)17(13(5)30)24(34)29(28,38)25(35)20(27)23(18)33/h8,11-12,19,31,33-34,38H,9-10H2,1-7H3,(H,36,37)/t19?,27-,28-,29+/m1/s1. The van der Waals surface area contributed by atoms with Crippen LogP contribution >= 0.6 is 0 Å². The summed E-state index contributed by atoms with van der Waals surface area (Å²) in [5, 5.41) is 55.3. The summed E-state index contributed by atoms with van der Waals surface area (Å²) in [6.07, 6.45) is 0.0764. The van der Waals surface area contributed by atoms with Crippen LogP contribution in [0.1, 0.15) is 87.9 Å². The fourth-order valence-electron chi connectivity index (χ4n) is 7.49. The van der Waals surface area contributed by atoms with Crippen LogP contribution in [0.3, 0.4) is 0 Å². The molecule has 0 aliphatic heterocycles. The van der Waals surface area contributed by atoms with Gasteiger partial charge in [-0.05, 0) is 48.8 Å². The fourth-order valence-corrected chi connectivity index (χ4v) is 7.49. The number of aliphatic hydroxyl groups excluding tert-OH is 2. The molecular formula is C29H34O9. The van der Waals surface area contributed by atoms with E-state index in [1.165, 1.54) is 6.07 Å². The van der Waals surface area contributed by atoms with E-state index in [0.717, 1.165) is 6.92 Å². The number of hydrogen-bond donors (Lipinski definition) is 5. The molecule has 38 heavy (non-hydrogen) atoms. The maximum Gasteiger partial charge on any atom is 0.339 e. The Morgan fingerprint density at radius 3 is 2.11 bits per heavy atom. The minimum atomic E-state index is -2.71. The molecule has 4 atom stereocenters. The number of aliphatic hydroxyl groups is 3. The average molecular weight is 527 g/mol. The molecule has 9 nitrogen and oxygen atoms in total. The summed E-state index contributed by atoms with van der Waals surface area (Å²) in [5.74, 6) is -8.00. The molecule has 1 aromatic rings. The van der Waals surface area contributed by atoms with E-state index in [4.69, 9.17) is 0 Å². The van der Waals surface area contributed by atoms with Crippen LogP contribution in [0.15, 0.2) is 23.0 Å². The molecule has 4 rings (SSSR count). The zero-order chi connectivity index (χ0) is 28.9. The van der Waals surface area contributed by atoms with Crippen molar-refractivity contribution in [2.45, 2.75) is 72.8 Å². The van der Waals surface area contributed by atoms with Crippen LogP contribution < -0.4 is 0 Å². The molecule has 0 bridgehead atoms. The highest BCUT2D eigenvalue weighted by atomic mass is 16.4. The number of rotatable bonds is 4. The van der Waals surface area contributed by atoms with Gasteiger partial charge in [-0.1, -0.05) is 41.5 Å². The molecule has 0 aromatic heterocycles. The van der Waals surface area contributed by atoms with E-state index >= 15 is 0 Å². The Morgan fingerprint density at radius 2 is 1.63 bits per heavy atom. The number of ketones is 3. The van der Waals surface area contributed by atoms with Gasteiger partial charge in [0.15, 0.2) is 17.2 Å². The number of aromatic hydroxyl groups is 1. The predicted molar refractivity (Wildman–Crippen MR) is 137 cm³/mol. The van der Waals surface area contributed by atoms with Crippen LogP contribution in [0.4, 0.5) is 0 Å². The van der Waals surface area contributed by atoms with E-state index in [1.807, 2.05) is 13.8 Å². The van der Waals surface area contributed by atoms with Crippen LogP contribution in [-0.4, -0.2) is 54.5 Å². The number of carbonyl (C=O) groups excluding carboxylic acids is 3. The Bertz CT molecular complexity index is 1390. The lowest BCUT2D eigenvalue weighted by molar-refractivity contribution is -0.178. The summed E-state index contributed by atoms with van der Waals surface area (Å²) < 4.78 is 0. The fraction of sp³-hybridized carbons (Fsp3) is 0.517. The number of aromatic carboxylic acids is 1. The van der Waals surface area contributed by atoms with Gasteiger partial charge < -0.3 is 25.5 Å². The first kappa shape index (κ1) is 27.6. The van der Waals surface area contributed by atoms with E-state index < -0.39 is 80.0 Å². The van der Waals surface area contributed by atoms with Gasteiger partial charge in [-0.2, -0.15) is 0 Å². The van der Waals surface area contributed by atoms with Crippen LogP contribution in [0, 0.1) is 22.7 Å². The third-order valence-corrected chi connectivity index (χ3v) is 8.89. The first-order valence-electron chi connectivity index (χ1n) is 12.7. The Balaban J connectivity index is 2.13. The Labute approximate surface area is 220 Å². The van der Waals surface area contributed by atoms with E-state index in [9.17, 15) is 44.7 Å². The number of fused-ring (bicyclic) bond motifs is 3. The topological polar surface area (TPSA) is 169 Å². The zero-order valence-electron chi connectivity index (χ0n) is 22.6. The first-order chi connectivity index (χ1) is 17.4. The maximum absolute atomic E-state index is 14.3. The molecule has 9 heteroatoms. The van der Waals surface area contributed by atoms with E-state index in [2.05, 4.69) is 0 Å². The molecule has 0 amide bonds. The van der Waals surface area contributed by atoms with Crippen molar-refractivity contribution in [3.05, 3.63) is 45.2 Å². The Kier molecular flexibility index (Phi) is 6.00. The highest BCUT2D eigenvalue weighted by molar-refractivity contribution is 6.24.